The highest BCUT2D eigenvalue weighted by molar-refractivity contribution is 6.06. The summed E-state index contributed by atoms with van der Waals surface area (Å²) in [5, 5.41) is 11.8. The van der Waals surface area contributed by atoms with Gasteiger partial charge in [-0.1, -0.05) is 30.3 Å². The Labute approximate surface area is 157 Å². The van der Waals surface area contributed by atoms with Crippen molar-refractivity contribution >= 4 is 33.6 Å². The SMILES string of the molecule is O=C(O)[C@@H]1CN(C(=O)Cc2cc3c(ccc4ccccc43)o2)C[C@H]1C(F)(F)F. The molecule has 1 fully saturated rings. The van der Waals surface area contributed by atoms with E-state index >= 15 is 0 Å². The Morgan fingerprint density at radius 1 is 1.11 bits per heavy atom. The number of furan rings is 1. The Kier molecular flexibility index (Phi) is 4.28. The number of carboxylic acid groups (broad SMARTS) is 1. The lowest BCUT2D eigenvalue weighted by atomic mass is 9.96. The lowest BCUT2D eigenvalue weighted by molar-refractivity contribution is -0.188. The Hall–Kier alpha value is -3.03. The zero-order valence-electron chi connectivity index (χ0n) is 14.6. The normalized spacial score (nSPS) is 20.2. The van der Waals surface area contributed by atoms with Gasteiger partial charge in [-0.25, -0.2) is 0 Å². The van der Waals surface area contributed by atoms with Gasteiger partial charge in [0.1, 0.15) is 11.3 Å². The van der Waals surface area contributed by atoms with E-state index in [-0.39, 0.29) is 6.42 Å². The van der Waals surface area contributed by atoms with E-state index < -0.39 is 43.0 Å². The van der Waals surface area contributed by atoms with Crippen molar-refractivity contribution in [3.8, 4) is 0 Å². The van der Waals surface area contributed by atoms with Gasteiger partial charge >= 0.3 is 12.1 Å². The predicted octanol–water partition coefficient (Wildman–Crippen LogP) is 3.85. The van der Waals surface area contributed by atoms with Gasteiger partial charge in [0.15, 0.2) is 0 Å². The molecule has 2 aromatic carbocycles. The van der Waals surface area contributed by atoms with Gasteiger partial charge < -0.3 is 14.4 Å². The fraction of sp³-hybridized carbons (Fsp3) is 0.300. The van der Waals surface area contributed by atoms with Crippen molar-refractivity contribution in [1.29, 1.82) is 0 Å². The van der Waals surface area contributed by atoms with Crippen LogP contribution in [0.3, 0.4) is 0 Å². The van der Waals surface area contributed by atoms with Gasteiger partial charge in [-0.3, -0.25) is 9.59 Å². The summed E-state index contributed by atoms with van der Waals surface area (Å²) in [7, 11) is 0. The molecule has 1 aliphatic rings. The first-order valence-electron chi connectivity index (χ1n) is 8.71. The van der Waals surface area contributed by atoms with Crippen LogP contribution in [-0.2, 0) is 16.0 Å². The highest BCUT2D eigenvalue weighted by Crippen LogP contribution is 2.38. The van der Waals surface area contributed by atoms with Crippen molar-refractivity contribution in [3.63, 3.8) is 0 Å². The Bertz CT molecular complexity index is 1070. The van der Waals surface area contributed by atoms with Gasteiger partial charge in [0, 0.05) is 18.5 Å². The molecule has 3 aromatic rings. The summed E-state index contributed by atoms with van der Waals surface area (Å²) in [5.41, 5.74) is 0.583. The molecule has 2 atom stereocenters. The number of carbonyl (C=O) groups excluding carboxylic acids is 1. The molecule has 2 heterocycles. The third-order valence-corrected chi connectivity index (χ3v) is 5.21. The van der Waals surface area contributed by atoms with Crippen molar-refractivity contribution in [2.45, 2.75) is 12.6 Å². The van der Waals surface area contributed by atoms with E-state index in [1.807, 2.05) is 30.3 Å². The lowest BCUT2D eigenvalue weighted by Crippen LogP contribution is -2.34. The highest BCUT2D eigenvalue weighted by atomic mass is 19.4. The third kappa shape index (κ3) is 3.19. The lowest BCUT2D eigenvalue weighted by Gasteiger charge is -2.18. The molecular weight excluding hydrogens is 375 g/mol. The second kappa shape index (κ2) is 6.54. The second-order valence-corrected chi connectivity index (χ2v) is 6.98. The summed E-state index contributed by atoms with van der Waals surface area (Å²) in [6, 6.07) is 13.0. The number of carbonyl (C=O) groups is 2. The third-order valence-electron chi connectivity index (χ3n) is 5.21. The maximum atomic E-state index is 13.1. The number of alkyl halides is 3. The van der Waals surface area contributed by atoms with Gasteiger partial charge in [0.2, 0.25) is 5.91 Å². The molecule has 28 heavy (non-hydrogen) atoms. The summed E-state index contributed by atoms with van der Waals surface area (Å²) >= 11 is 0. The van der Waals surface area contributed by atoms with Gasteiger partial charge in [0.05, 0.1) is 18.3 Å². The first kappa shape index (κ1) is 18.3. The van der Waals surface area contributed by atoms with Crippen LogP contribution in [0.25, 0.3) is 21.7 Å². The standard InChI is InChI=1S/C20H16F3NO4/c21-20(22,23)16-10-24(9-15(16)19(26)27)18(25)8-12-7-14-13-4-2-1-3-11(13)5-6-17(14)28-12/h1-7,15-16H,8-10H2,(H,26,27)/t15-,16-/m1/s1. The molecular formula is C20H16F3NO4. The molecule has 0 saturated carbocycles. The van der Waals surface area contributed by atoms with Gasteiger partial charge in [-0.2, -0.15) is 13.2 Å². The van der Waals surface area contributed by atoms with Crippen LogP contribution in [0.1, 0.15) is 5.76 Å². The number of fused-ring (bicyclic) bond motifs is 3. The van der Waals surface area contributed by atoms with Gasteiger partial charge in [0.25, 0.3) is 0 Å². The molecule has 0 bridgehead atoms. The second-order valence-electron chi connectivity index (χ2n) is 6.98. The summed E-state index contributed by atoms with van der Waals surface area (Å²) < 4.78 is 45.0. The summed E-state index contributed by atoms with van der Waals surface area (Å²) in [6.07, 6.45) is -4.89. The van der Waals surface area contributed by atoms with Crippen LogP contribution in [0, 0.1) is 11.8 Å². The number of benzene rings is 2. The number of nitrogens with zero attached hydrogens (tertiary/aromatic N) is 1. The molecule has 146 valence electrons. The minimum Gasteiger partial charge on any atom is -0.481 e. The van der Waals surface area contributed by atoms with Crippen LogP contribution in [-0.4, -0.2) is 41.1 Å². The topological polar surface area (TPSA) is 70.8 Å². The number of likely N-dealkylation sites (tertiary alicyclic amines) is 1. The maximum Gasteiger partial charge on any atom is 0.394 e. The van der Waals surface area contributed by atoms with Gasteiger partial charge in [-0.05, 0) is 22.9 Å². The van der Waals surface area contributed by atoms with Crippen LogP contribution < -0.4 is 0 Å². The first-order chi connectivity index (χ1) is 13.2. The Morgan fingerprint density at radius 3 is 2.54 bits per heavy atom. The first-order valence-corrected chi connectivity index (χ1v) is 8.71. The Balaban J connectivity index is 1.57. The number of hydrogen-bond donors (Lipinski definition) is 1. The average Bonchev–Trinajstić information content (AvgIpc) is 3.25. The fourth-order valence-corrected chi connectivity index (χ4v) is 3.78. The zero-order chi connectivity index (χ0) is 20.1. The van der Waals surface area contributed by atoms with Crippen molar-refractivity contribution in [2.75, 3.05) is 13.1 Å². The molecule has 5 nitrogen and oxygen atoms in total. The molecule has 1 aliphatic heterocycles. The molecule has 8 heteroatoms. The molecule has 1 aromatic heterocycles. The van der Waals surface area contributed by atoms with Crippen molar-refractivity contribution < 1.29 is 32.3 Å². The fourth-order valence-electron chi connectivity index (χ4n) is 3.78. The molecule has 0 unspecified atom stereocenters. The van der Waals surface area contributed by atoms with Crippen LogP contribution in [0.2, 0.25) is 0 Å². The van der Waals surface area contributed by atoms with E-state index in [0.29, 0.717) is 11.3 Å². The molecule has 1 N–H and O–H groups in total. The van der Waals surface area contributed by atoms with E-state index in [1.54, 1.807) is 12.1 Å². The summed E-state index contributed by atoms with van der Waals surface area (Å²) in [4.78, 5) is 24.6. The van der Waals surface area contributed by atoms with Crippen LogP contribution in [0.5, 0.6) is 0 Å². The molecule has 4 rings (SSSR count). The predicted molar refractivity (Wildman–Crippen MR) is 94.7 cm³/mol. The van der Waals surface area contributed by atoms with Crippen molar-refractivity contribution in [1.82, 2.24) is 4.90 Å². The molecule has 0 radical (unpaired) electrons. The molecule has 1 amide bonds. The number of hydrogen-bond acceptors (Lipinski definition) is 3. The minimum atomic E-state index is -4.67. The van der Waals surface area contributed by atoms with Crippen molar-refractivity contribution in [2.24, 2.45) is 11.8 Å². The minimum absolute atomic E-state index is 0.222. The monoisotopic (exact) mass is 391 g/mol. The molecule has 0 spiro atoms. The summed E-state index contributed by atoms with van der Waals surface area (Å²) in [5.74, 6) is -5.51. The highest BCUT2D eigenvalue weighted by Gasteiger charge is 2.53. The largest absolute Gasteiger partial charge is 0.481 e. The van der Waals surface area contributed by atoms with Gasteiger partial charge in [-0.15, -0.1) is 0 Å². The van der Waals surface area contributed by atoms with Crippen molar-refractivity contribution in [3.05, 3.63) is 48.2 Å². The van der Waals surface area contributed by atoms with E-state index in [0.717, 1.165) is 21.1 Å². The Morgan fingerprint density at radius 2 is 1.86 bits per heavy atom. The smallest absolute Gasteiger partial charge is 0.394 e. The number of halogens is 3. The van der Waals surface area contributed by atoms with Crippen LogP contribution >= 0.6 is 0 Å². The number of carboxylic acids is 1. The van der Waals surface area contributed by atoms with Crippen LogP contribution in [0.15, 0.2) is 46.9 Å². The molecule has 1 saturated heterocycles. The van der Waals surface area contributed by atoms with E-state index in [9.17, 15) is 22.8 Å². The van der Waals surface area contributed by atoms with E-state index in [4.69, 9.17) is 9.52 Å². The maximum absolute atomic E-state index is 13.1. The summed E-state index contributed by atoms with van der Waals surface area (Å²) in [6.45, 7) is -1.11. The molecule has 0 aliphatic carbocycles. The number of rotatable bonds is 3. The van der Waals surface area contributed by atoms with Crippen LogP contribution in [0.4, 0.5) is 13.2 Å². The number of amides is 1. The average molecular weight is 391 g/mol. The van der Waals surface area contributed by atoms with E-state index in [1.165, 1.54) is 0 Å². The number of aliphatic carboxylic acids is 1. The quantitative estimate of drug-likeness (QED) is 0.736. The van der Waals surface area contributed by atoms with E-state index in [2.05, 4.69) is 0 Å². The zero-order valence-corrected chi connectivity index (χ0v) is 14.6.